The van der Waals surface area contributed by atoms with Crippen molar-refractivity contribution in [1.29, 1.82) is 0 Å². The van der Waals surface area contributed by atoms with Crippen molar-refractivity contribution in [2.24, 2.45) is 0 Å². The Kier molecular flexibility index (Phi) is 4.72. The Balaban J connectivity index is 1.90. The van der Waals surface area contributed by atoms with Crippen LogP contribution in [0.1, 0.15) is 27.0 Å². The molecule has 2 aromatic carbocycles. The number of aryl methyl sites for hydroxylation is 2. The Bertz CT molecular complexity index is 1050. The summed E-state index contributed by atoms with van der Waals surface area (Å²) in [5.41, 5.74) is 4.53. The number of rotatable bonds is 4. The second kappa shape index (κ2) is 7.48. The average molecular weight is 366 g/mol. The van der Waals surface area contributed by atoms with Gasteiger partial charge in [-0.25, -0.2) is 19.9 Å². The van der Waals surface area contributed by atoms with Crippen molar-refractivity contribution >= 4 is 5.78 Å². The minimum Gasteiger partial charge on any atom is -0.289 e. The van der Waals surface area contributed by atoms with Crippen LogP contribution in [0.15, 0.2) is 73.3 Å². The highest BCUT2D eigenvalue weighted by atomic mass is 16.1. The van der Waals surface area contributed by atoms with Gasteiger partial charge in [0.15, 0.2) is 17.4 Å². The molecule has 0 atom stereocenters. The average Bonchev–Trinajstić information content (AvgIpc) is 2.74. The van der Waals surface area contributed by atoms with Crippen molar-refractivity contribution in [3.8, 4) is 22.8 Å². The topological polar surface area (TPSA) is 68.6 Å². The maximum atomic E-state index is 13.6. The molecule has 0 amide bonds. The zero-order valence-electron chi connectivity index (χ0n) is 15.6. The molecule has 5 heteroatoms. The van der Waals surface area contributed by atoms with Gasteiger partial charge in [-0.3, -0.25) is 4.79 Å². The number of nitrogens with zero attached hydrogens (tertiary/aromatic N) is 4. The maximum Gasteiger partial charge on any atom is 0.194 e. The zero-order chi connectivity index (χ0) is 19.5. The van der Waals surface area contributed by atoms with Crippen LogP contribution in [0.25, 0.3) is 22.8 Å². The molecular weight excluding hydrogens is 348 g/mol. The van der Waals surface area contributed by atoms with Gasteiger partial charge in [0, 0.05) is 47.0 Å². The van der Waals surface area contributed by atoms with Crippen LogP contribution < -0.4 is 0 Å². The Hall–Kier alpha value is -3.73. The van der Waals surface area contributed by atoms with E-state index in [1.54, 1.807) is 36.9 Å². The van der Waals surface area contributed by atoms with Gasteiger partial charge in [-0.15, -0.1) is 0 Å². The van der Waals surface area contributed by atoms with Gasteiger partial charge in [0.25, 0.3) is 0 Å². The van der Waals surface area contributed by atoms with Gasteiger partial charge in [0.2, 0.25) is 0 Å². The summed E-state index contributed by atoms with van der Waals surface area (Å²) in [6, 6.07) is 15.0. The molecule has 0 aliphatic heterocycles. The number of carbonyl (C=O) groups excluding carboxylic acids is 1. The quantitative estimate of drug-likeness (QED) is 0.499. The second-order valence-corrected chi connectivity index (χ2v) is 6.57. The van der Waals surface area contributed by atoms with E-state index in [0.717, 1.165) is 11.1 Å². The zero-order valence-corrected chi connectivity index (χ0v) is 15.6. The summed E-state index contributed by atoms with van der Waals surface area (Å²) in [7, 11) is 0. The maximum absolute atomic E-state index is 13.6. The van der Waals surface area contributed by atoms with Crippen LogP contribution in [-0.4, -0.2) is 25.7 Å². The number of hydrogen-bond acceptors (Lipinski definition) is 5. The lowest BCUT2D eigenvalue weighted by Gasteiger charge is -2.12. The van der Waals surface area contributed by atoms with Gasteiger partial charge < -0.3 is 0 Å². The summed E-state index contributed by atoms with van der Waals surface area (Å²) in [5.74, 6) is 0.948. The lowest BCUT2D eigenvalue weighted by Crippen LogP contribution is -2.08. The molecule has 5 nitrogen and oxygen atoms in total. The van der Waals surface area contributed by atoms with Gasteiger partial charge in [0.05, 0.1) is 0 Å². The first-order valence-corrected chi connectivity index (χ1v) is 8.94. The Morgan fingerprint density at radius 2 is 1.04 bits per heavy atom. The standard InChI is InChI=1S/C23H18N4O/c1-15-5-7-17(22-24-9-3-10-25-22)19(13-15)21(28)20-14-16(2)6-8-18(20)23-26-11-4-12-27-23/h3-14H,1-2H3. The Morgan fingerprint density at radius 3 is 1.43 bits per heavy atom. The van der Waals surface area contributed by atoms with Gasteiger partial charge in [-0.1, -0.05) is 35.4 Å². The van der Waals surface area contributed by atoms with Gasteiger partial charge in [-0.2, -0.15) is 0 Å². The van der Waals surface area contributed by atoms with Crippen LogP contribution in [0.3, 0.4) is 0 Å². The highest BCUT2D eigenvalue weighted by molar-refractivity contribution is 6.15. The molecule has 0 unspecified atom stereocenters. The van der Waals surface area contributed by atoms with Crippen molar-refractivity contribution in [2.45, 2.75) is 13.8 Å². The summed E-state index contributed by atoms with van der Waals surface area (Å²) >= 11 is 0. The lowest BCUT2D eigenvalue weighted by molar-refractivity contribution is 0.103. The largest absolute Gasteiger partial charge is 0.289 e. The molecule has 2 heterocycles. The van der Waals surface area contributed by atoms with Crippen LogP contribution in [0.4, 0.5) is 0 Å². The van der Waals surface area contributed by atoms with Gasteiger partial charge in [-0.05, 0) is 38.1 Å². The third kappa shape index (κ3) is 3.42. The molecular formula is C23H18N4O. The molecule has 136 valence electrons. The van der Waals surface area contributed by atoms with E-state index in [2.05, 4.69) is 19.9 Å². The van der Waals surface area contributed by atoms with E-state index in [4.69, 9.17) is 0 Å². The van der Waals surface area contributed by atoms with Crippen LogP contribution in [0, 0.1) is 13.8 Å². The summed E-state index contributed by atoms with van der Waals surface area (Å²) in [6.45, 7) is 3.92. The first-order valence-electron chi connectivity index (χ1n) is 8.94. The number of carbonyl (C=O) groups is 1. The van der Waals surface area contributed by atoms with Gasteiger partial charge in [0.1, 0.15) is 0 Å². The molecule has 0 saturated heterocycles. The minimum absolute atomic E-state index is 0.0997. The molecule has 0 bridgehead atoms. The Morgan fingerprint density at radius 1 is 0.643 bits per heavy atom. The van der Waals surface area contributed by atoms with E-state index in [-0.39, 0.29) is 5.78 Å². The molecule has 0 fully saturated rings. The second-order valence-electron chi connectivity index (χ2n) is 6.57. The smallest absolute Gasteiger partial charge is 0.194 e. The summed E-state index contributed by atoms with van der Waals surface area (Å²) in [4.78, 5) is 30.9. The molecule has 4 aromatic rings. The predicted molar refractivity (Wildman–Crippen MR) is 108 cm³/mol. The first kappa shape index (κ1) is 17.7. The van der Waals surface area contributed by atoms with E-state index < -0.39 is 0 Å². The van der Waals surface area contributed by atoms with E-state index in [9.17, 15) is 4.79 Å². The van der Waals surface area contributed by atoms with Crippen LogP contribution in [-0.2, 0) is 0 Å². The number of hydrogen-bond donors (Lipinski definition) is 0. The number of aromatic nitrogens is 4. The number of benzene rings is 2. The lowest BCUT2D eigenvalue weighted by atomic mass is 9.92. The summed E-state index contributed by atoms with van der Waals surface area (Å²) in [5, 5.41) is 0. The van der Waals surface area contributed by atoms with Crippen molar-refractivity contribution < 1.29 is 4.79 Å². The summed E-state index contributed by atoms with van der Waals surface area (Å²) in [6.07, 6.45) is 6.69. The first-order chi connectivity index (χ1) is 13.6. The van der Waals surface area contributed by atoms with Crippen molar-refractivity contribution in [3.63, 3.8) is 0 Å². The fourth-order valence-electron chi connectivity index (χ4n) is 3.10. The fourth-order valence-corrected chi connectivity index (χ4v) is 3.10. The van der Waals surface area contributed by atoms with E-state index in [0.29, 0.717) is 33.9 Å². The molecule has 0 radical (unpaired) electrons. The van der Waals surface area contributed by atoms with Gasteiger partial charge >= 0.3 is 0 Å². The highest BCUT2D eigenvalue weighted by Gasteiger charge is 2.21. The predicted octanol–water partition coefficient (Wildman–Crippen LogP) is 4.45. The fraction of sp³-hybridized carbons (Fsp3) is 0.0870. The van der Waals surface area contributed by atoms with Crippen molar-refractivity contribution in [2.75, 3.05) is 0 Å². The molecule has 0 aliphatic rings. The third-order valence-corrected chi connectivity index (χ3v) is 4.45. The normalized spacial score (nSPS) is 10.6. The molecule has 0 saturated carbocycles. The van der Waals surface area contributed by atoms with Crippen LogP contribution in [0.2, 0.25) is 0 Å². The third-order valence-electron chi connectivity index (χ3n) is 4.45. The molecule has 0 aliphatic carbocycles. The summed E-state index contributed by atoms with van der Waals surface area (Å²) < 4.78 is 0. The molecule has 28 heavy (non-hydrogen) atoms. The molecule has 2 aromatic heterocycles. The van der Waals surface area contributed by atoms with Crippen molar-refractivity contribution in [1.82, 2.24) is 19.9 Å². The SMILES string of the molecule is Cc1ccc(-c2ncccn2)c(C(=O)c2cc(C)ccc2-c2ncccn2)c1. The Labute approximate surface area is 163 Å². The highest BCUT2D eigenvalue weighted by Crippen LogP contribution is 2.28. The monoisotopic (exact) mass is 366 g/mol. The molecule has 0 spiro atoms. The molecule has 4 rings (SSSR count). The molecule has 0 N–H and O–H groups in total. The van der Waals surface area contributed by atoms with E-state index >= 15 is 0 Å². The van der Waals surface area contributed by atoms with Crippen molar-refractivity contribution in [3.05, 3.63) is 95.6 Å². The number of ketones is 1. The van der Waals surface area contributed by atoms with E-state index in [1.807, 2.05) is 50.2 Å². The van der Waals surface area contributed by atoms with Crippen LogP contribution >= 0.6 is 0 Å². The van der Waals surface area contributed by atoms with Crippen LogP contribution in [0.5, 0.6) is 0 Å². The minimum atomic E-state index is -0.0997. The van der Waals surface area contributed by atoms with E-state index in [1.165, 1.54) is 0 Å².